The second-order valence-corrected chi connectivity index (χ2v) is 10.9. The molecule has 0 spiro atoms. The zero-order valence-electron chi connectivity index (χ0n) is 23.6. The highest BCUT2D eigenvalue weighted by Gasteiger charge is 2.28. The SMILES string of the molecule is Cc1nc(-c2ccc(-c3ccc(C(=O)N4CCCc5cc6c(cc54)N(CCN(C)C)CCO6)cc3C)cc2)no1. The first-order chi connectivity index (χ1) is 19.4. The number of anilines is 2. The molecule has 2 aliphatic heterocycles. The average molecular weight is 538 g/mol. The lowest BCUT2D eigenvalue weighted by Crippen LogP contribution is -2.39. The highest BCUT2D eigenvalue weighted by Crippen LogP contribution is 2.41. The summed E-state index contributed by atoms with van der Waals surface area (Å²) in [6.45, 7) is 7.97. The lowest BCUT2D eigenvalue weighted by atomic mass is 9.95. The number of aryl methyl sites for hydroxylation is 3. The van der Waals surface area contributed by atoms with Gasteiger partial charge in [0.15, 0.2) is 0 Å². The van der Waals surface area contributed by atoms with Crippen molar-refractivity contribution in [1.82, 2.24) is 15.0 Å². The van der Waals surface area contributed by atoms with E-state index in [-0.39, 0.29) is 5.91 Å². The molecule has 3 heterocycles. The van der Waals surface area contributed by atoms with Crippen LogP contribution in [0.2, 0.25) is 0 Å². The van der Waals surface area contributed by atoms with Crippen LogP contribution in [0.1, 0.15) is 33.8 Å². The number of carbonyl (C=O) groups excluding carboxylic acids is 1. The van der Waals surface area contributed by atoms with Gasteiger partial charge in [0.05, 0.1) is 12.2 Å². The van der Waals surface area contributed by atoms with Crippen molar-refractivity contribution in [2.75, 3.05) is 56.7 Å². The largest absolute Gasteiger partial charge is 0.490 e. The van der Waals surface area contributed by atoms with Crippen LogP contribution in [-0.2, 0) is 6.42 Å². The molecule has 0 saturated carbocycles. The molecule has 40 heavy (non-hydrogen) atoms. The van der Waals surface area contributed by atoms with Gasteiger partial charge >= 0.3 is 0 Å². The summed E-state index contributed by atoms with van der Waals surface area (Å²) in [5.41, 5.74) is 8.09. The highest BCUT2D eigenvalue weighted by molar-refractivity contribution is 6.07. The number of likely N-dealkylation sites (N-methyl/N-ethyl adjacent to an activating group) is 1. The third-order valence-electron chi connectivity index (χ3n) is 7.76. The molecule has 0 radical (unpaired) electrons. The van der Waals surface area contributed by atoms with E-state index in [0.29, 0.717) is 30.4 Å². The van der Waals surface area contributed by atoms with Crippen LogP contribution in [0, 0.1) is 13.8 Å². The van der Waals surface area contributed by atoms with Gasteiger partial charge in [0.2, 0.25) is 11.7 Å². The van der Waals surface area contributed by atoms with Crippen LogP contribution in [0.25, 0.3) is 22.5 Å². The van der Waals surface area contributed by atoms with Gasteiger partial charge in [-0.05, 0) is 80.4 Å². The van der Waals surface area contributed by atoms with Crippen molar-refractivity contribution >= 4 is 17.3 Å². The second-order valence-electron chi connectivity index (χ2n) is 10.9. The fraction of sp³-hybridized carbons (Fsp3) is 0.344. The van der Waals surface area contributed by atoms with Gasteiger partial charge in [-0.3, -0.25) is 4.79 Å². The number of amides is 1. The van der Waals surface area contributed by atoms with Crippen molar-refractivity contribution < 1.29 is 14.1 Å². The molecule has 2 aliphatic rings. The molecule has 4 aromatic rings. The summed E-state index contributed by atoms with van der Waals surface area (Å²) < 4.78 is 11.1. The van der Waals surface area contributed by atoms with E-state index in [4.69, 9.17) is 9.26 Å². The van der Waals surface area contributed by atoms with E-state index in [1.165, 1.54) is 5.56 Å². The lowest BCUT2D eigenvalue weighted by Gasteiger charge is -2.36. The summed E-state index contributed by atoms with van der Waals surface area (Å²) in [4.78, 5) is 24.7. The molecule has 8 heteroatoms. The van der Waals surface area contributed by atoms with E-state index in [1.54, 1.807) is 6.92 Å². The quantitative estimate of drug-likeness (QED) is 0.327. The zero-order chi connectivity index (χ0) is 27.8. The van der Waals surface area contributed by atoms with Crippen LogP contribution in [0.4, 0.5) is 11.4 Å². The maximum absolute atomic E-state index is 13.9. The van der Waals surface area contributed by atoms with Gasteiger partial charge in [-0.1, -0.05) is 35.5 Å². The van der Waals surface area contributed by atoms with Gasteiger partial charge in [-0.15, -0.1) is 0 Å². The van der Waals surface area contributed by atoms with Gasteiger partial charge in [-0.2, -0.15) is 4.98 Å². The Morgan fingerprint density at radius 1 is 0.975 bits per heavy atom. The lowest BCUT2D eigenvalue weighted by molar-refractivity contribution is 0.0985. The normalized spacial score (nSPS) is 14.6. The van der Waals surface area contributed by atoms with Crippen molar-refractivity contribution in [3.05, 3.63) is 77.2 Å². The Morgan fingerprint density at radius 3 is 2.50 bits per heavy atom. The standard InChI is InChI=1S/C32H35N5O3/c1-21-18-26(11-12-27(21)23-7-9-24(10-8-23)31-33-22(2)40-34-31)32(38)37-13-5-6-25-19-30-29(20-28(25)37)36(16-17-39-30)15-14-35(3)4/h7-12,18-20H,5-6,13-17H2,1-4H3. The predicted octanol–water partition coefficient (Wildman–Crippen LogP) is 5.37. The number of nitrogens with zero attached hydrogens (tertiary/aromatic N) is 5. The summed E-state index contributed by atoms with van der Waals surface area (Å²) in [7, 11) is 4.18. The monoisotopic (exact) mass is 537 g/mol. The third kappa shape index (κ3) is 5.07. The van der Waals surface area contributed by atoms with Crippen molar-refractivity contribution in [3.63, 3.8) is 0 Å². The fourth-order valence-electron chi connectivity index (χ4n) is 5.60. The minimum absolute atomic E-state index is 0.0370. The molecule has 0 aliphatic carbocycles. The third-order valence-corrected chi connectivity index (χ3v) is 7.76. The molecular formula is C32H35N5O3. The Kier molecular flexibility index (Phi) is 7.02. The molecule has 0 atom stereocenters. The molecule has 0 unspecified atom stereocenters. The maximum atomic E-state index is 13.9. The molecule has 3 aromatic carbocycles. The Balaban J connectivity index is 1.26. The number of rotatable bonds is 6. The van der Waals surface area contributed by atoms with Gasteiger partial charge in [-0.25, -0.2) is 0 Å². The molecule has 1 amide bonds. The zero-order valence-corrected chi connectivity index (χ0v) is 23.6. The molecule has 8 nitrogen and oxygen atoms in total. The van der Waals surface area contributed by atoms with E-state index in [0.717, 1.165) is 71.9 Å². The van der Waals surface area contributed by atoms with E-state index < -0.39 is 0 Å². The smallest absolute Gasteiger partial charge is 0.258 e. The Hall–Kier alpha value is -4.17. The van der Waals surface area contributed by atoms with E-state index >= 15 is 0 Å². The number of aromatic nitrogens is 2. The van der Waals surface area contributed by atoms with E-state index in [1.807, 2.05) is 35.2 Å². The van der Waals surface area contributed by atoms with Crippen LogP contribution in [0.5, 0.6) is 5.75 Å². The first kappa shape index (κ1) is 26.1. The van der Waals surface area contributed by atoms with Crippen LogP contribution >= 0.6 is 0 Å². The number of hydrogen-bond donors (Lipinski definition) is 0. The number of fused-ring (bicyclic) bond motifs is 2. The summed E-state index contributed by atoms with van der Waals surface area (Å²) in [5.74, 6) is 2.09. The minimum Gasteiger partial charge on any atom is -0.490 e. The topological polar surface area (TPSA) is 74.9 Å². The molecule has 6 rings (SSSR count). The van der Waals surface area contributed by atoms with E-state index in [9.17, 15) is 4.79 Å². The van der Waals surface area contributed by atoms with Crippen molar-refractivity contribution in [2.45, 2.75) is 26.7 Å². The molecule has 1 aromatic heterocycles. The first-order valence-electron chi connectivity index (χ1n) is 13.9. The number of ether oxygens (including phenoxy) is 1. The summed E-state index contributed by atoms with van der Waals surface area (Å²) in [6.07, 6.45) is 1.88. The van der Waals surface area contributed by atoms with Crippen LogP contribution in [-0.4, -0.2) is 67.8 Å². The number of hydrogen-bond acceptors (Lipinski definition) is 7. The molecule has 0 N–H and O–H groups in total. The highest BCUT2D eigenvalue weighted by atomic mass is 16.5. The van der Waals surface area contributed by atoms with Crippen LogP contribution in [0.3, 0.4) is 0 Å². The number of carbonyl (C=O) groups is 1. The first-order valence-corrected chi connectivity index (χ1v) is 13.9. The van der Waals surface area contributed by atoms with Crippen LogP contribution in [0.15, 0.2) is 59.1 Å². The molecule has 0 fully saturated rings. The van der Waals surface area contributed by atoms with Gasteiger partial charge in [0.25, 0.3) is 5.91 Å². The van der Waals surface area contributed by atoms with Crippen molar-refractivity contribution in [2.24, 2.45) is 0 Å². The molecule has 0 saturated heterocycles. The van der Waals surface area contributed by atoms with Gasteiger partial charge in [0, 0.05) is 43.4 Å². The summed E-state index contributed by atoms with van der Waals surface area (Å²) in [5, 5.41) is 4.00. The Bertz CT molecular complexity index is 1540. The maximum Gasteiger partial charge on any atom is 0.258 e. The van der Waals surface area contributed by atoms with E-state index in [2.05, 4.69) is 65.2 Å². The van der Waals surface area contributed by atoms with Crippen molar-refractivity contribution in [3.8, 4) is 28.3 Å². The Labute approximate surface area is 235 Å². The average Bonchev–Trinajstić information content (AvgIpc) is 3.40. The second kappa shape index (κ2) is 10.8. The van der Waals surface area contributed by atoms with Gasteiger partial charge < -0.3 is 24.0 Å². The fourth-order valence-corrected chi connectivity index (χ4v) is 5.60. The van der Waals surface area contributed by atoms with Gasteiger partial charge in [0.1, 0.15) is 12.4 Å². The summed E-state index contributed by atoms with van der Waals surface area (Å²) in [6, 6.07) is 18.4. The summed E-state index contributed by atoms with van der Waals surface area (Å²) >= 11 is 0. The predicted molar refractivity (Wildman–Crippen MR) is 157 cm³/mol. The molecule has 206 valence electrons. The Morgan fingerprint density at radius 2 is 1.77 bits per heavy atom. The molecular weight excluding hydrogens is 502 g/mol. The minimum atomic E-state index is 0.0370. The number of benzene rings is 3. The van der Waals surface area contributed by atoms with Crippen molar-refractivity contribution in [1.29, 1.82) is 0 Å². The molecule has 0 bridgehead atoms. The van der Waals surface area contributed by atoms with Crippen LogP contribution < -0.4 is 14.5 Å².